The van der Waals surface area contributed by atoms with E-state index in [2.05, 4.69) is 195 Å². The Morgan fingerprint density at radius 2 is 1.06 bits per heavy atom. The maximum Gasteiger partial charge on any atom is 0.143 e. The van der Waals surface area contributed by atoms with Crippen LogP contribution in [0.5, 0.6) is 0 Å². The van der Waals surface area contributed by atoms with Crippen molar-refractivity contribution >= 4 is 49.8 Å². The van der Waals surface area contributed by atoms with Gasteiger partial charge in [0.25, 0.3) is 0 Å². The summed E-state index contributed by atoms with van der Waals surface area (Å²) >= 11 is 0. The highest BCUT2D eigenvalue weighted by Crippen LogP contribution is 2.51. The fourth-order valence-electron chi connectivity index (χ4n) is 8.30. The minimum atomic E-state index is -0.0913. The van der Waals surface area contributed by atoms with Gasteiger partial charge in [0, 0.05) is 38.6 Å². The van der Waals surface area contributed by atoms with Gasteiger partial charge in [-0.25, -0.2) is 0 Å². The quantitative estimate of drug-likeness (QED) is 0.184. The number of anilines is 3. The first-order valence-corrected chi connectivity index (χ1v) is 17.7. The maximum absolute atomic E-state index is 6.52. The number of hydrogen-bond donors (Lipinski definition) is 0. The lowest BCUT2D eigenvalue weighted by molar-refractivity contribution is 0.660. The molecule has 0 radical (unpaired) electrons. The van der Waals surface area contributed by atoms with E-state index in [9.17, 15) is 0 Å². The summed E-state index contributed by atoms with van der Waals surface area (Å²) < 4.78 is 6.52. The second-order valence-corrected chi connectivity index (χ2v) is 14.1. The average molecular weight is 654 g/mol. The molecule has 1 aromatic heterocycles. The molecular formula is C49H35NO. The summed E-state index contributed by atoms with van der Waals surface area (Å²) in [6, 6.07) is 63.6. The van der Waals surface area contributed by atoms with E-state index < -0.39 is 0 Å². The standard InChI is InChI=1S/C49H35NO/c1-49(2)44-17-9-8-15-41(44)42-30-28-38(31-45(42)49)50(36-24-19-33(20-25-36)32-11-4-3-5-12-32)37-26-21-35(22-27-37)39-16-10-18-46-47(39)43-29-23-34-13-6-7-14-40(34)48(43)51-46/h3-31H,1-2H3. The van der Waals surface area contributed by atoms with E-state index >= 15 is 0 Å². The van der Waals surface area contributed by atoms with Crippen molar-refractivity contribution in [3.05, 3.63) is 187 Å². The van der Waals surface area contributed by atoms with Gasteiger partial charge >= 0.3 is 0 Å². The van der Waals surface area contributed by atoms with Gasteiger partial charge in [-0.05, 0) is 98.4 Å². The molecule has 0 atom stereocenters. The van der Waals surface area contributed by atoms with Crippen molar-refractivity contribution in [2.75, 3.05) is 4.90 Å². The molecule has 2 heteroatoms. The van der Waals surface area contributed by atoms with Crippen molar-refractivity contribution < 1.29 is 4.42 Å². The minimum Gasteiger partial charge on any atom is -0.455 e. The summed E-state index contributed by atoms with van der Waals surface area (Å²) in [5.74, 6) is 0. The van der Waals surface area contributed by atoms with Crippen LogP contribution in [0.3, 0.4) is 0 Å². The van der Waals surface area contributed by atoms with Gasteiger partial charge in [-0.15, -0.1) is 0 Å². The van der Waals surface area contributed by atoms with Crippen molar-refractivity contribution in [3.63, 3.8) is 0 Å². The molecule has 1 aliphatic carbocycles. The summed E-state index contributed by atoms with van der Waals surface area (Å²) in [7, 11) is 0. The molecule has 0 saturated heterocycles. The lowest BCUT2D eigenvalue weighted by Gasteiger charge is -2.28. The molecule has 0 fully saturated rings. The molecule has 0 amide bonds. The monoisotopic (exact) mass is 653 g/mol. The van der Waals surface area contributed by atoms with E-state index in [1.807, 2.05) is 0 Å². The highest BCUT2D eigenvalue weighted by Gasteiger charge is 2.35. The lowest BCUT2D eigenvalue weighted by atomic mass is 9.82. The predicted octanol–water partition coefficient (Wildman–Crippen LogP) is 13.8. The molecule has 0 N–H and O–H groups in total. The molecule has 1 aliphatic rings. The van der Waals surface area contributed by atoms with Crippen LogP contribution in [0, 0.1) is 0 Å². The van der Waals surface area contributed by atoms with Crippen LogP contribution in [0.25, 0.3) is 66.1 Å². The molecule has 1 heterocycles. The third-order valence-electron chi connectivity index (χ3n) is 10.9. The van der Waals surface area contributed by atoms with Crippen molar-refractivity contribution in [2.24, 2.45) is 0 Å². The average Bonchev–Trinajstić information content (AvgIpc) is 3.68. The Kier molecular flexibility index (Phi) is 6.56. The van der Waals surface area contributed by atoms with Gasteiger partial charge < -0.3 is 9.32 Å². The van der Waals surface area contributed by atoms with Gasteiger partial charge in [-0.1, -0.05) is 141 Å². The third-order valence-corrected chi connectivity index (χ3v) is 10.9. The molecule has 0 spiro atoms. The van der Waals surface area contributed by atoms with E-state index in [0.29, 0.717) is 0 Å². The van der Waals surface area contributed by atoms with Crippen molar-refractivity contribution in [3.8, 4) is 33.4 Å². The van der Waals surface area contributed by atoms with Crippen LogP contribution in [0.1, 0.15) is 25.0 Å². The molecule has 0 aliphatic heterocycles. The number of rotatable bonds is 5. The lowest BCUT2D eigenvalue weighted by Crippen LogP contribution is -2.16. The number of nitrogens with zero attached hydrogens (tertiary/aromatic N) is 1. The molecule has 242 valence electrons. The zero-order valence-electron chi connectivity index (χ0n) is 28.6. The number of hydrogen-bond acceptors (Lipinski definition) is 2. The first-order valence-electron chi connectivity index (χ1n) is 17.7. The fraction of sp³-hybridized carbons (Fsp3) is 0.0612. The zero-order valence-corrected chi connectivity index (χ0v) is 28.6. The zero-order chi connectivity index (χ0) is 34.1. The van der Waals surface area contributed by atoms with Crippen LogP contribution in [-0.4, -0.2) is 0 Å². The van der Waals surface area contributed by atoms with Crippen molar-refractivity contribution in [1.82, 2.24) is 0 Å². The normalized spacial score (nSPS) is 13.1. The Balaban J connectivity index is 1.10. The van der Waals surface area contributed by atoms with Gasteiger partial charge in [0.2, 0.25) is 0 Å². The molecule has 8 aromatic carbocycles. The summed E-state index contributed by atoms with van der Waals surface area (Å²) in [6.07, 6.45) is 0. The highest BCUT2D eigenvalue weighted by atomic mass is 16.3. The molecule has 0 bridgehead atoms. The van der Waals surface area contributed by atoms with E-state index in [-0.39, 0.29) is 5.41 Å². The SMILES string of the molecule is CC1(C)c2ccccc2-c2ccc(N(c3ccc(-c4ccccc4)cc3)c3ccc(-c4cccc5oc6c7ccccc7ccc6c45)cc3)cc21. The Morgan fingerprint density at radius 1 is 0.431 bits per heavy atom. The second kappa shape index (κ2) is 11.3. The smallest absolute Gasteiger partial charge is 0.143 e. The first kappa shape index (κ1) is 29.5. The second-order valence-electron chi connectivity index (χ2n) is 14.1. The fourth-order valence-corrected chi connectivity index (χ4v) is 8.30. The van der Waals surface area contributed by atoms with Crippen molar-refractivity contribution in [2.45, 2.75) is 19.3 Å². The molecule has 0 unspecified atom stereocenters. The Labute approximate surface area is 297 Å². The van der Waals surface area contributed by atoms with Gasteiger partial charge in [-0.2, -0.15) is 0 Å². The Bertz CT molecular complexity index is 2750. The molecule has 9 aromatic rings. The molecule has 2 nitrogen and oxygen atoms in total. The van der Waals surface area contributed by atoms with E-state index in [4.69, 9.17) is 4.42 Å². The van der Waals surface area contributed by atoms with Crippen LogP contribution >= 0.6 is 0 Å². The summed E-state index contributed by atoms with van der Waals surface area (Å²) in [5, 5.41) is 4.62. The highest BCUT2D eigenvalue weighted by molar-refractivity contribution is 6.19. The predicted molar refractivity (Wildman–Crippen MR) is 214 cm³/mol. The largest absolute Gasteiger partial charge is 0.455 e. The van der Waals surface area contributed by atoms with Gasteiger partial charge in [0.05, 0.1) is 0 Å². The molecule has 51 heavy (non-hydrogen) atoms. The Hall–Kier alpha value is -6.38. The van der Waals surface area contributed by atoms with Gasteiger partial charge in [0.1, 0.15) is 11.2 Å². The van der Waals surface area contributed by atoms with E-state index in [0.717, 1.165) is 50.0 Å². The summed E-state index contributed by atoms with van der Waals surface area (Å²) in [4.78, 5) is 2.39. The van der Waals surface area contributed by atoms with Crippen LogP contribution in [0.4, 0.5) is 17.1 Å². The van der Waals surface area contributed by atoms with Gasteiger partial charge in [0.15, 0.2) is 0 Å². The van der Waals surface area contributed by atoms with Crippen LogP contribution in [0.15, 0.2) is 180 Å². The maximum atomic E-state index is 6.52. The summed E-state index contributed by atoms with van der Waals surface area (Å²) in [6.45, 7) is 4.69. The Morgan fingerprint density at radius 3 is 1.86 bits per heavy atom. The molecular weight excluding hydrogens is 619 g/mol. The van der Waals surface area contributed by atoms with Crippen LogP contribution in [0.2, 0.25) is 0 Å². The van der Waals surface area contributed by atoms with E-state index in [1.165, 1.54) is 44.3 Å². The molecule has 10 rings (SSSR count). The van der Waals surface area contributed by atoms with Gasteiger partial charge in [-0.3, -0.25) is 0 Å². The first-order chi connectivity index (χ1) is 25.0. The summed E-state index contributed by atoms with van der Waals surface area (Å²) in [5.41, 5.74) is 15.3. The number of benzene rings is 8. The number of fused-ring (bicyclic) bond motifs is 8. The minimum absolute atomic E-state index is 0.0913. The topological polar surface area (TPSA) is 16.4 Å². The molecule has 0 saturated carbocycles. The third kappa shape index (κ3) is 4.64. The number of furan rings is 1. The van der Waals surface area contributed by atoms with Crippen LogP contribution < -0.4 is 4.90 Å². The van der Waals surface area contributed by atoms with Crippen molar-refractivity contribution in [1.29, 1.82) is 0 Å². The van der Waals surface area contributed by atoms with Crippen LogP contribution in [-0.2, 0) is 5.41 Å². The van der Waals surface area contributed by atoms with E-state index in [1.54, 1.807) is 0 Å².